The minimum atomic E-state index is 0.367. The second-order valence-electron chi connectivity index (χ2n) is 3.54. The lowest BCUT2D eigenvalue weighted by Gasteiger charge is -2.03. The Morgan fingerprint density at radius 3 is 2.56 bits per heavy atom. The third-order valence-electron chi connectivity index (χ3n) is 2.23. The first kappa shape index (κ1) is 12.8. The molecule has 1 N–H and O–H groups in total. The van der Waals surface area contributed by atoms with Gasteiger partial charge < -0.3 is 0 Å². The minimum Gasteiger partial charge on any atom is -0.261 e. The van der Waals surface area contributed by atoms with Crippen LogP contribution >= 0.6 is 23.2 Å². The Morgan fingerprint density at radius 2 is 1.89 bits per heavy atom. The highest BCUT2D eigenvalue weighted by Crippen LogP contribution is 2.11. The molecule has 0 amide bonds. The maximum atomic E-state index is 5.82. The molecule has 18 heavy (non-hydrogen) atoms. The summed E-state index contributed by atoms with van der Waals surface area (Å²) in [7, 11) is 0. The van der Waals surface area contributed by atoms with E-state index in [1.807, 2.05) is 31.2 Å². The van der Waals surface area contributed by atoms with Gasteiger partial charge in [0.15, 0.2) is 5.82 Å². The third-order valence-corrected chi connectivity index (χ3v) is 2.69. The first-order valence-electron chi connectivity index (χ1n) is 5.19. The van der Waals surface area contributed by atoms with Crippen LogP contribution in [0.1, 0.15) is 12.5 Å². The number of hydrogen-bond donors (Lipinski definition) is 1. The molecular weight excluding hydrogens is 271 g/mol. The van der Waals surface area contributed by atoms with Crippen molar-refractivity contribution in [2.24, 2.45) is 5.10 Å². The number of hydrogen-bond acceptors (Lipinski definition) is 4. The van der Waals surface area contributed by atoms with E-state index in [0.717, 1.165) is 11.3 Å². The molecule has 1 heterocycles. The summed E-state index contributed by atoms with van der Waals surface area (Å²) in [4.78, 5) is 7.77. The Kier molecular flexibility index (Phi) is 4.12. The van der Waals surface area contributed by atoms with Crippen LogP contribution in [0.25, 0.3) is 0 Å². The smallest absolute Gasteiger partial charge is 0.151 e. The van der Waals surface area contributed by atoms with Gasteiger partial charge in [-0.2, -0.15) is 5.10 Å². The van der Waals surface area contributed by atoms with Crippen molar-refractivity contribution < 1.29 is 0 Å². The molecule has 0 bridgehead atoms. The molecule has 0 unspecified atom stereocenters. The summed E-state index contributed by atoms with van der Waals surface area (Å²) in [6.07, 6.45) is 1.37. The van der Waals surface area contributed by atoms with E-state index in [1.54, 1.807) is 6.07 Å². The lowest BCUT2D eigenvalue weighted by molar-refractivity contribution is 1.14. The summed E-state index contributed by atoms with van der Waals surface area (Å²) in [5.74, 6) is 0.545. The second kappa shape index (κ2) is 5.80. The van der Waals surface area contributed by atoms with Crippen LogP contribution in [0.3, 0.4) is 0 Å². The first-order chi connectivity index (χ1) is 8.65. The topological polar surface area (TPSA) is 50.2 Å². The fourth-order valence-corrected chi connectivity index (χ4v) is 1.56. The quantitative estimate of drug-likeness (QED) is 0.531. The van der Waals surface area contributed by atoms with Crippen LogP contribution in [-0.2, 0) is 0 Å². The summed E-state index contributed by atoms with van der Waals surface area (Å²) in [6, 6.07) is 9.03. The maximum Gasteiger partial charge on any atom is 0.151 e. The van der Waals surface area contributed by atoms with Gasteiger partial charge in [-0.3, -0.25) is 5.43 Å². The van der Waals surface area contributed by atoms with Gasteiger partial charge in [0.05, 0.1) is 5.71 Å². The van der Waals surface area contributed by atoms with E-state index in [4.69, 9.17) is 23.2 Å². The zero-order valence-electron chi connectivity index (χ0n) is 9.56. The van der Waals surface area contributed by atoms with Crippen molar-refractivity contribution in [3.05, 3.63) is 52.4 Å². The number of nitrogens with zero attached hydrogens (tertiary/aromatic N) is 3. The van der Waals surface area contributed by atoms with Gasteiger partial charge in [-0.15, -0.1) is 0 Å². The van der Waals surface area contributed by atoms with Gasteiger partial charge in [-0.05, 0) is 24.6 Å². The van der Waals surface area contributed by atoms with Crippen molar-refractivity contribution in [2.75, 3.05) is 5.43 Å². The summed E-state index contributed by atoms with van der Waals surface area (Å²) in [5.41, 5.74) is 4.62. The number of nitrogens with one attached hydrogen (secondary N) is 1. The predicted molar refractivity (Wildman–Crippen MR) is 74.3 cm³/mol. The molecule has 0 aliphatic heterocycles. The lowest BCUT2D eigenvalue weighted by atomic mass is 10.1. The molecule has 0 saturated carbocycles. The monoisotopic (exact) mass is 280 g/mol. The Labute approximate surface area is 115 Å². The molecule has 0 radical (unpaired) electrons. The standard InChI is InChI=1S/C12H10Cl2N4/c1-8(9-2-4-10(13)5-3-9)17-18-12-6-11(14)15-7-16-12/h2-7H,1H3,(H,15,16,18)/b17-8+. The van der Waals surface area contributed by atoms with Crippen molar-refractivity contribution in [3.63, 3.8) is 0 Å². The largest absolute Gasteiger partial charge is 0.261 e. The van der Waals surface area contributed by atoms with E-state index < -0.39 is 0 Å². The van der Waals surface area contributed by atoms with Gasteiger partial charge in [0, 0.05) is 11.1 Å². The van der Waals surface area contributed by atoms with Gasteiger partial charge in [0.25, 0.3) is 0 Å². The summed E-state index contributed by atoms with van der Waals surface area (Å²) in [5, 5.41) is 5.27. The summed E-state index contributed by atoms with van der Waals surface area (Å²) in [6.45, 7) is 1.89. The summed E-state index contributed by atoms with van der Waals surface area (Å²) < 4.78 is 0. The third kappa shape index (κ3) is 3.42. The molecule has 0 aliphatic rings. The van der Waals surface area contributed by atoms with Crippen molar-refractivity contribution in [2.45, 2.75) is 6.92 Å². The zero-order valence-corrected chi connectivity index (χ0v) is 11.1. The Morgan fingerprint density at radius 1 is 1.17 bits per heavy atom. The molecule has 4 nitrogen and oxygen atoms in total. The minimum absolute atomic E-state index is 0.367. The Balaban J connectivity index is 2.11. The molecule has 1 aromatic carbocycles. The SMILES string of the molecule is C/C(=N\Nc1cc(Cl)ncn1)c1ccc(Cl)cc1. The number of benzene rings is 1. The van der Waals surface area contributed by atoms with Gasteiger partial charge in [-0.25, -0.2) is 9.97 Å². The highest BCUT2D eigenvalue weighted by Gasteiger charge is 1.98. The lowest BCUT2D eigenvalue weighted by Crippen LogP contribution is -2.00. The van der Waals surface area contributed by atoms with E-state index in [1.165, 1.54) is 6.33 Å². The molecule has 0 fully saturated rings. The van der Waals surface area contributed by atoms with E-state index >= 15 is 0 Å². The van der Waals surface area contributed by atoms with Crippen LogP contribution in [0.5, 0.6) is 0 Å². The van der Waals surface area contributed by atoms with E-state index in [9.17, 15) is 0 Å². The predicted octanol–water partition coefficient (Wildman–Crippen LogP) is 3.62. The highest BCUT2D eigenvalue weighted by atomic mass is 35.5. The highest BCUT2D eigenvalue weighted by molar-refractivity contribution is 6.30. The van der Waals surface area contributed by atoms with Crippen LogP contribution in [0.15, 0.2) is 41.8 Å². The molecule has 0 spiro atoms. The van der Waals surface area contributed by atoms with Crippen LogP contribution in [0.2, 0.25) is 10.2 Å². The fourth-order valence-electron chi connectivity index (χ4n) is 1.29. The van der Waals surface area contributed by atoms with Crippen LogP contribution in [-0.4, -0.2) is 15.7 Å². The molecule has 0 atom stereocenters. The van der Waals surface area contributed by atoms with Gasteiger partial charge in [-0.1, -0.05) is 35.3 Å². The number of halogens is 2. The average Bonchev–Trinajstić information content (AvgIpc) is 2.37. The maximum absolute atomic E-state index is 5.82. The Bertz CT molecular complexity index is 567. The number of aromatic nitrogens is 2. The number of rotatable bonds is 3. The molecule has 0 aliphatic carbocycles. The Hall–Kier alpha value is -1.65. The van der Waals surface area contributed by atoms with Crippen molar-refractivity contribution >= 4 is 34.7 Å². The van der Waals surface area contributed by atoms with Crippen molar-refractivity contribution in [1.29, 1.82) is 0 Å². The molecular formula is C12H10Cl2N4. The molecule has 92 valence electrons. The van der Waals surface area contributed by atoms with Crippen LogP contribution in [0.4, 0.5) is 5.82 Å². The number of anilines is 1. The molecule has 2 aromatic rings. The van der Waals surface area contributed by atoms with Crippen molar-refractivity contribution in [1.82, 2.24) is 9.97 Å². The van der Waals surface area contributed by atoms with Crippen LogP contribution in [0, 0.1) is 0 Å². The van der Waals surface area contributed by atoms with Gasteiger partial charge in [0.2, 0.25) is 0 Å². The van der Waals surface area contributed by atoms with Crippen molar-refractivity contribution in [3.8, 4) is 0 Å². The molecule has 1 aromatic heterocycles. The average molecular weight is 281 g/mol. The van der Waals surface area contributed by atoms with E-state index in [0.29, 0.717) is 16.0 Å². The van der Waals surface area contributed by atoms with E-state index in [-0.39, 0.29) is 0 Å². The molecule has 6 heteroatoms. The van der Waals surface area contributed by atoms with Gasteiger partial charge >= 0.3 is 0 Å². The molecule has 2 rings (SSSR count). The van der Waals surface area contributed by atoms with Gasteiger partial charge in [0.1, 0.15) is 11.5 Å². The number of hydrazone groups is 1. The van der Waals surface area contributed by atoms with E-state index in [2.05, 4.69) is 20.5 Å². The van der Waals surface area contributed by atoms with Crippen LogP contribution < -0.4 is 5.43 Å². The zero-order chi connectivity index (χ0) is 13.0. The first-order valence-corrected chi connectivity index (χ1v) is 5.94. The summed E-state index contributed by atoms with van der Waals surface area (Å²) >= 11 is 11.6. The normalized spacial score (nSPS) is 11.4. The fraction of sp³-hybridized carbons (Fsp3) is 0.0833. The second-order valence-corrected chi connectivity index (χ2v) is 4.37. The molecule has 0 saturated heterocycles.